The summed E-state index contributed by atoms with van der Waals surface area (Å²) in [6.45, 7) is 0.245. The van der Waals surface area contributed by atoms with E-state index in [0.29, 0.717) is 24.4 Å². The van der Waals surface area contributed by atoms with Gasteiger partial charge in [0.25, 0.3) is 5.56 Å². The van der Waals surface area contributed by atoms with Crippen molar-refractivity contribution in [3.8, 4) is 5.75 Å². The molecule has 1 aromatic carbocycles. The molecule has 1 heterocycles. The van der Waals surface area contributed by atoms with E-state index in [1.165, 1.54) is 0 Å². The van der Waals surface area contributed by atoms with Gasteiger partial charge >= 0.3 is 6.18 Å². The molecule has 25 heavy (non-hydrogen) atoms. The number of benzene rings is 1. The highest BCUT2D eigenvalue weighted by molar-refractivity contribution is 9.10. The van der Waals surface area contributed by atoms with Crippen molar-refractivity contribution in [3.63, 3.8) is 0 Å². The summed E-state index contributed by atoms with van der Waals surface area (Å²) in [4.78, 5) is 25.3. The molecular weight excluding hydrogens is 405 g/mol. The lowest BCUT2D eigenvalue weighted by Crippen LogP contribution is -2.21. The first kappa shape index (κ1) is 19.0. The molecule has 0 fully saturated rings. The molecule has 0 saturated heterocycles. The molecule has 0 aliphatic heterocycles. The minimum atomic E-state index is -4.61. The van der Waals surface area contributed by atoms with Crippen LogP contribution in [-0.2, 0) is 11.0 Å². The van der Waals surface area contributed by atoms with Crippen LogP contribution in [-0.4, -0.2) is 17.5 Å². The van der Waals surface area contributed by atoms with Gasteiger partial charge in [0.1, 0.15) is 11.4 Å². The van der Waals surface area contributed by atoms with Crippen LogP contribution >= 0.6 is 15.9 Å². The number of hydrogen-bond donors (Lipinski definition) is 2. The predicted octanol–water partition coefficient (Wildman–Crippen LogP) is 3.95. The molecule has 2 aromatic rings. The summed E-state index contributed by atoms with van der Waals surface area (Å²) in [7, 11) is 0. The van der Waals surface area contributed by atoms with Crippen LogP contribution in [0.1, 0.15) is 18.4 Å². The number of para-hydroxylation sites is 1. The van der Waals surface area contributed by atoms with Crippen molar-refractivity contribution in [2.75, 3.05) is 11.9 Å². The molecule has 9 heteroatoms. The third-order valence-corrected chi connectivity index (χ3v) is 3.80. The Morgan fingerprint density at radius 3 is 2.68 bits per heavy atom. The molecule has 0 radical (unpaired) electrons. The number of hydrogen-bond acceptors (Lipinski definition) is 3. The summed E-state index contributed by atoms with van der Waals surface area (Å²) < 4.78 is 44.1. The van der Waals surface area contributed by atoms with Gasteiger partial charge in [-0.2, -0.15) is 13.2 Å². The second-order valence-corrected chi connectivity index (χ2v) is 5.91. The molecule has 1 amide bonds. The van der Waals surface area contributed by atoms with Crippen LogP contribution in [0.25, 0.3) is 0 Å². The lowest BCUT2D eigenvalue weighted by atomic mass is 10.2. The Balaban J connectivity index is 1.86. The second kappa shape index (κ2) is 8.19. The predicted molar refractivity (Wildman–Crippen MR) is 89.6 cm³/mol. The van der Waals surface area contributed by atoms with Crippen LogP contribution in [0, 0.1) is 0 Å². The van der Waals surface area contributed by atoms with Crippen molar-refractivity contribution in [2.45, 2.75) is 19.0 Å². The van der Waals surface area contributed by atoms with Crippen molar-refractivity contribution in [1.29, 1.82) is 0 Å². The van der Waals surface area contributed by atoms with E-state index in [1.807, 2.05) is 17.1 Å². The topological polar surface area (TPSA) is 71.2 Å². The summed E-state index contributed by atoms with van der Waals surface area (Å²) in [5.74, 6) is 0.0535. The number of halogens is 4. The average Bonchev–Trinajstić information content (AvgIpc) is 2.54. The van der Waals surface area contributed by atoms with Gasteiger partial charge < -0.3 is 15.0 Å². The third kappa shape index (κ3) is 5.63. The first-order valence-electron chi connectivity index (χ1n) is 7.24. The Labute approximate surface area is 149 Å². The van der Waals surface area contributed by atoms with Crippen LogP contribution in [0.3, 0.4) is 0 Å². The van der Waals surface area contributed by atoms with E-state index < -0.39 is 28.9 Å². The number of carbonyl (C=O) groups excluding carboxylic acids is 1. The van der Waals surface area contributed by atoms with Gasteiger partial charge in [0.15, 0.2) is 0 Å². The zero-order valence-corrected chi connectivity index (χ0v) is 14.4. The summed E-state index contributed by atoms with van der Waals surface area (Å²) in [6.07, 6.45) is -3.71. The number of alkyl halides is 3. The van der Waals surface area contributed by atoms with Crippen LogP contribution in [0.5, 0.6) is 5.75 Å². The number of aromatic amines is 1. The van der Waals surface area contributed by atoms with E-state index in [4.69, 9.17) is 4.74 Å². The molecule has 2 rings (SSSR count). The maximum Gasteiger partial charge on any atom is 0.417 e. The maximum absolute atomic E-state index is 12.6. The van der Waals surface area contributed by atoms with Crippen molar-refractivity contribution in [3.05, 3.63) is 56.9 Å². The molecule has 0 spiro atoms. The molecular formula is C16H14BrF3N2O3. The molecule has 5 nitrogen and oxygen atoms in total. The Hall–Kier alpha value is -2.29. The Kier molecular flexibility index (Phi) is 6.24. The van der Waals surface area contributed by atoms with Gasteiger partial charge in [-0.25, -0.2) is 0 Å². The van der Waals surface area contributed by atoms with Crippen LogP contribution < -0.4 is 15.6 Å². The fraction of sp³-hybridized carbons (Fsp3) is 0.250. The molecule has 0 unspecified atom stereocenters. The van der Waals surface area contributed by atoms with Crippen molar-refractivity contribution >= 4 is 27.5 Å². The number of anilines is 1. The maximum atomic E-state index is 12.6. The summed E-state index contributed by atoms with van der Waals surface area (Å²) in [5.41, 5.74) is -2.28. The number of nitrogens with one attached hydrogen (secondary N) is 2. The minimum Gasteiger partial charge on any atom is -0.492 e. The van der Waals surface area contributed by atoms with Crippen molar-refractivity contribution in [2.24, 2.45) is 0 Å². The zero-order chi connectivity index (χ0) is 18.4. The lowest BCUT2D eigenvalue weighted by Gasteiger charge is -2.10. The molecule has 134 valence electrons. The van der Waals surface area contributed by atoms with E-state index >= 15 is 0 Å². The number of ether oxygens (including phenoxy) is 1. The fourth-order valence-corrected chi connectivity index (χ4v) is 2.33. The van der Waals surface area contributed by atoms with Gasteiger partial charge in [-0.05, 0) is 40.5 Å². The SMILES string of the molecule is O=C(CCCOc1ccccc1Br)Nc1cc(C(F)(F)F)c[nH]c1=O. The van der Waals surface area contributed by atoms with E-state index in [2.05, 4.69) is 21.2 Å². The van der Waals surface area contributed by atoms with E-state index in [0.717, 1.165) is 4.47 Å². The van der Waals surface area contributed by atoms with Gasteiger partial charge in [0.05, 0.1) is 16.6 Å². The molecule has 2 N–H and O–H groups in total. The largest absolute Gasteiger partial charge is 0.492 e. The van der Waals surface area contributed by atoms with E-state index in [-0.39, 0.29) is 13.0 Å². The molecule has 1 aromatic heterocycles. The first-order chi connectivity index (χ1) is 11.8. The summed E-state index contributed by atoms with van der Waals surface area (Å²) in [5, 5.41) is 2.19. The number of amides is 1. The molecule has 0 bridgehead atoms. The smallest absolute Gasteiger partial charge is 0.417 e. The van der Waals surface area contributed by atoms with Crippen molar-refractivity contribution in [1.82, 2.24) is 4.98 Å². The Morgan fingerprint density at radius 1 is 1.28 bits per heavy atom. The monoisotopic (exact) mass is 418 g/mol. The highest BCUT2D eigenvalue weighted by Crippen LogP contribution is 2.29. The van der Waals surface area contributed by atoms with Gasteiger partial charge in [-0.1, -0.05) is 12.1 Å². The van der Waals surface area contributed by atoms with Crippen LogP contribution in [0.2, 0.25) is 0 Å². The van der Waals surface area contributed by atoms with Crippen molar-refractivity contribution < 1.29 is 22.7 Å². The van der Waals surface area contributed by atoms with E-state index in [9.17, 15) is 22.8 Å². The normalized spacial score (nSPS) is 11.2. The first-order valence-corrected chi connectivity index (χ1v) is 8.04. The molecule has 0 aliphatic rings. The van der Waals surface area contributed by atoms with Gasteiger partial charge in [0.2, 0.25) is 5.91 Å². The number of H-pyrrole nitrogens is 1. The van der Waals surface area contributed by atoms with Gasteiger partial charge in [-0.3, -0.25) is 9.59 Å². The van der Waals surface area contributed by atoms with Crippen LogP contribution in [0.4, 0.5) is 18.9 Å². The Bertz CT molecular complexity index is 806. The standard InChI is InChI=1S/C16H14BrF3N2O3/c17-11-4-1-2-5-13(11)25-7-3-6-14(23)22-12-8-10(16(18,19)20)9-21-15(12)24/h1-2,4-5,8-9H,3,6-7H2,(H,21,24)(H,22,23). The number of rotatable bonds is 6. The average molecular weight is 419 g/mol. The van der Waals surface area contributed by atoms with Crippen LogP contribution in [0.15, 0.2) is 45.8 Å². The Morgan fingerprint density at radius 2 is 2.00 bits per heavy atom. The van der Waals surface area contributed by atoms with Gasteiger partial charge in [-0.15, -0.1) is 0 Å². The molecule has 0 saturated carbocycles. The second-order valence-electron chi connectivity index (χ2n) is 5.06. The summed E-state index contributed by atoms with van der Waals surface area (Å²) in [6, 6.07) is 7.80. The minimum absolute atomic E-state index is 0.000137. The highest BCUT2D eigenvalue weighted by Gasteiger charge is 2.31. The third-order valence-electron chi connectivity index (χ3n) is 3.15. The van der Waals surface area contributed by atoms with Gasteiger partial charge in [0, 0.05) is 12.6 Å². The number of pyridine rings is 1. The zero-order valence-electron chi connectivity index (χ0n) is 12.8. The fourth-order valence-electron chi connectivity index (χ4n) is 1.93. The lowest BCUT2D eigenvalue weighted by molar-refractivity contribution is -0.137. The summed E-state index contributed by atoms with van der Waals surface area (Å²) >= 11 is 3.32. The highest BCUT2D eigenvalue weighted by atomic mass is 79.9. The quantitative estimate of drug-likeness (QED) is 0.697. The molecule has 0 atom stereocenters. The number of carbonyl (C=O) groups is 1. The molecule has 0 aliphatic carbocycles. The van der Waals surface area contributed by atoms with E-state index in [1.54, 1.807) is 12.1 Å². The number of aromatic nitrogens is 1.